The fourth-order valence-electron chi connectivity index (χ4n) is 6.83. The predicted molar refractivity (Wildman–Crippen MR) is 220 cm³/mol. The van der Waals surface area contributed by atoms with Gasteiger partial charge in [-0.25, -0.2) is 19.6 Å². The van der Waals surface area contributed by atoms with Gasteiger partial charge in [0.25, 0.3) is 0 Å². The molecule has 0 aliphatic heterocycles. The third kappa shape index (κ3) is 10.0. The van der Waals surface area contributed by atoms with Crippen LogP contribution in [0.5, 0.6) is 11.5 Å². The molecule has 0 atom stereocenters. The van der Waals surface area contributed by atoms with Crippen LogP contribution < -0.4 is 9.47 Å². The van der Waals surface area contributed by atoms with Gasteiger partial charge < -0.3 is 28.4 Å². The number of fused-ring (bicyclic) bond motifs is 4. The van der Waals surface area contributed by atoms with Crippen molar-refractivity contribution in [1.29, 1.82) is 0 Å². The van der Waals surface area contributed by atoms with Crippen LogP contribution in [0.15, 0.2) is 110 Å². The van der Waals surface area contributed by atoms with Gasteiger partial charge in [-0.05, 0) is 78.1 Å². The average molecular weight is 827 g/mol. The van der Waals surface area contributed by atoms with Crippen LogP contribution in [0.25, 0.3) is 22.3 Å². The Bertz CT molecular complexity index is 2410. The zero-order chi connectivity index (χ0) is 43.5. The predicted octanol–water partition coefficient (Wildman–Crippen LogP) is 6.53. The monoisotopic (exact) mass is 826 g/mol. The summed E-state index contributed by atoms with van der Waals surface area (Å²) in [5.74, 6) is -3.37. The van der Waals surface area contributed by atoms with Crippen molar-refractivity contribution in [2.24, 2.45) is 0 Å². The van der Waals surface area contributed by atoms with Crippen LogP contribution in [0.4, 0.5) is 0 Å². The molecule has 0 radical (unpaired) electrons. The first kappa shape index (κ1) is 43.1. The Morgan fingerprint density at radius 3 is 1.46 bits per heavy atom. The molecule has 1 heterocycles. The molecular formula is C47H42N2O12. The van der Waals surface area contributed by atoms with E-state index in [0.29, 0.717) is 16.9 Å². The fourth-order valence-corrected chi connectivity index (χ4v) is 6.83. The number of rotatable bonds is 18. The molecular weight excluding hydrogens is 785 g/mol. The zero-order valence-corrected chi connectivity index (χ0v) is 33.6. The van der Waals surface area contributed by atoms with Gasteiger partial charge in [0.15, 0.2) is 0 Å². The molecule has 312 valence electrons. The van der Waals surface area contributed by atoms with Crippen molar-refractivity contribution in [3.63, 3.8) is 0 Å². The SMILES string of the molecule is C=CC(=O)OCCOC(=O)CCC(=O)Oc1ccc(C2(c3ccc(OC(=O)CCC(=O)OCCOC(=O)C=C)cc3)c3ccccc3-c3nc4cc(C)c(C)cc4nc32)cc1. The molecule has 1 aliphatic rings. The van der Waals surface area contributed by atoms with Crippen molar-refractivity contribution in [1.82, 2.24) is 9.97 Å². The minimum absolute atomic E-state index is 0.136. The van der Waals surface area contributed by atoms with E-state index in [1.54, 1.807) is 24.3 Å². The molecule has 0 saturated carbocycles. The normalized spacial score (nSPS) is 12.0. The Morgan fingerprint density at radius 1 is 0.557 bits per heavy atom. The Balaban J connectivity index is 1.25. The molecule has 0 unspecified atom stereocenters. The van der Waals surface area contributed by atoms with E-state index in [4.69, 9.17) is 38.4 Å². The molecule has 0 amide bonds. The third-order valence-corrected chi connectivity index (χ3v) is 9.84. The minimum atomic E-state index is -1.04. The molecule has 5 aromatic rings. The number of hydrogen-bond acceptors (Lipinski definition) is 14. The summed E-state index contributed by atoms with van der Waals surface area (Å²) in [5.41, 5.74) is 7.28. The summed E-state index contributed by atoms with van der Waals surface area (Å²) in [6.45, 7) is 10.0. The van der Waals surface area contributed by atoms with Crippen molar-refractivity contribution in [2.45, 2.75) is 44.9 Å². The number of benzene rings is 4. The van der Waals surface area contributed by atoms with E-state index in [-0.39, 0.29) is 63.6 Å². The van der Waals surface area contributed by atoms with Gasteiger partial charge in [-0.2, -0.15) is 0 Å². The van der Waals surface area contributed by atoms with E-state index in [1.165, 1.54) is 0 Å². The highest BCUT2D eigenvalue weighted by Gasteiger charge is 2.48. The Labute approximate surface area is 351 Å². The van der Waals surface area contributed by atoms with Crippen LogP contribution in [0.3, 0.4) is 0 Å². The minimum Gasteiger partial charge on any atom is -0.462 e. The quantitative estimate of drug-likeness (QED) is 0.0300. The maximum Gasteiger partial charge on any atom is 0.330 e. The van der Waals surface area contributed by atoms with Crippen LogP contribution in [-0.4, -0.2) is 72.2 Å². The number of carbonyl (C=O) groups excluding carboxylic acids is 6. The van der Waals surface area contributed by atoms with Gasteiger partial charge in [0, 0.05) is 17.7 Å². The summed E-state index contributed by atoms with van der Waals surface area (Å²) in [6, 6.07) is 26.0. The first-order chi connectivity index (χ1) is 29.4. The van der Waals surface area contributed by atoms with Gasteiger partial charge in [-0.1, -0.05) is 61.7 Å². The van der Waals surface area contributed by atoms with Gasteiger partial charge >= 0.3 is 35.8 Å². The second-order valence-electron chi connectivity index (χ2n) is 13.8. The molecule has 0 spiro atoms. The number of aromatic nitrogens is 2. The second-order valence-corrected chi connectivity index (χ2v) is 13.8. The lowest BCUT2D eigenvalue weighted by atomic mass is 9.69. The highest BCUT2D eigenvalue weighted by atomic mass is 16.6. The molecule has 0 fully saturated rings. The molecule has 14 nitrogen and oxygen atoms in total. The number of carbonyl (C=O) groups is 6. The standard InChI is InChI=1S/C47H42N2O12/c1-5-39(50)56-23-25-58-41(52)19-21-43(54)60-33-15-11-31(12-16-33)47(32-13-17-34(18-14-32)61-44(55)22-20-42(53)59-26-24-57-40(51)6-2)36-10-8-7-9-35(36)45-46(47)49-38-28-30(4)29(3)27-37(38)48-45/h5-18,27-28H,1-2,19-26H2,3-4H3. The summed E-state index contributed by atoms with van der Waals surface area (Å²) in [6.07, 6.45) is 1.05. The van der Waals surface area contributed by atoms with Gasteiger partial charge in [-0.15, -0.1) is 0 Å². The highest BCUT2D eigenvalue weighted by molar-refractivity contribution is 5.88. The lowest BCUT2D eigenvalue weighted by Gasteiger charge is -2.32. The van der Waals surface area contributed by atoms with Gasteiger partial charge in [0.2, 0.25) is 0 Å². The van der Waals surface area contributed by atoms with E-state index >= 15 is 0 Å². The summed E-state index contributed by atoms with van der Waals surface area (Å²) in [4.78, 5) is 82.6. The van der Waals surface area contributed by atoms with Crippen molar-refractivity contribution in [3.8, 4) is 22.8 Å². The second kappa shape index (κ2) is 19.5. The van der Waals surface area contributed by atoms with E-state index in [1.807, 2.05) is 74.5 Å². The summed E-state index contributed by atoms with van der Waals surface area (Å²) in [7, 11) is 0. The molecule has 0 N–H and O–H groups in total. The largest absolute Gasteiger partial charge is 0.462 e. The molecule has 14 heteroatoms. The van der Waals surface area contributed by atoms with Crippen molar-refractivity contribution in [3.05, 3.63) is 144 Å². The van der Waals surface area contributed by atoms with Gasteiger partial charge in [0.05, 0.1) is 53.5 Å². The van der Waals surface area contributed by atoms with E-state index in [9.17, 15) is 28.8 Å². The first-order valence-corrected chi connectivity index (χ1v) is 19.3. The van der Waals surface area contributed by atoms with E-state index in [0.717, 1.165) is 51.0 Å². The number of aryl methyl sites for hydroxylation is 2. The van der Waals surface area contributed by atoms with Crippen LogP contribution in [0, 0.1) is 13.8 Å². The maximum atomic E-state index is 12.8. The van der Waals surface area contributed by atoms with Gasteiger partial charge in [0.1, 0.15) is 37.9 Å². The van der Waals surface area contributed by atoms with Crippen molar-refractivity contribution in [2.75, 3.05) is 26.4 Å². The number of hydrogen-bond donors (Lipinski definition) is 0. The molecule has 0 saturated heterocycles. The van der Waals surface area contributed by atoms with Crippen molar-refractivity contribution >= 4 is 46.8 Å². The Morgan fingerprint density at radius 2 is 0.984 bits per heavy atom. The fraction of sp³-hybridized carbons (Fsp3) is 0.234. The maximum absolute atomic E-state index is 12.8. The Kier molecular flexibility index (Phi) is 13.8. The van der Waals surface area contributed by atoms with Crippen LogP contribution in [-0.2, 0) is 53.1 Å². The molecule has 6 rings (SSSR count). The topological polar surface area (TPSA) is 184 Å². The first-order valence-electron chi connectivity index (χ1n) is 19.3. The Hall–Kier alpha value is -7.48. The van der Waals surface area contributed by atoms with Crippen LogP contribution >= 0.6 is 0 Å². The molecule has 1 aliphatic carbocycles. The third-order valence-electron chi connectivity index (χ3n) is 9.84. The lowest BCUT2D eigenvalue weighted by molar-refractivity contribution is -0.151. The number of esters is 6. The molecule has 0 bridgehead atoms. The van der Waals surface area contributed by atoms with Crippen LogP contribution in [0.2, 0.25) is 0 Å². The zero-order valence-electron chi connectivity index (χ0n) is 33.6. The molecule has 4 aromatic carbocycles. The number of nitrogens with zero attached hydrogens (tertiary/aromatic N) is 2. The van der Waals surface area contributed by atoms with Crippen LogP contribution in [0.1, 0.15) is 59.2 Å². The lowest BCUT2D eigenvalue weighted by Crippen LogP contribution is -2.29. The molecule has 1 aromatic heterocycles. The van der Waals surface area contributed by atoms with Gasteiger partial charge in [-0.3, -0.25) is 19.2 Å². The molecule has 61 heavy (non-hydrogen) atoms. The van der Waals surface area contributed by atoms with E-state index < -0.39 is 41.2 Å². The van der Waals surface area contributed by atoms with Crippen molar-refractivity contribution < 1.29 is 57.2 Å². The average Bonchev–Trinajstić information content (AvgIpc) is 3.54. The number of ether oxygens (including phenoxy) is 6. The van der Waals surface area contributed by atoms with E-state index in [2.05, 4.69) is 13.2 Å². The summed E-state index contributed by atoms with van der Waals surface area (Å²) >= 11 is 0. The summed E-state index contributed by atoms with van der Waals surface area (Å²) < 4.78 is 30.7. The summed E-state index contributed by atoms with van der Waals surface area (Å²) in [5, 5.41) is 0. The highest BCUT2D eigenvalue weighted by Crippen LogP contribution is 2.55. The smallest absolute Gasteiger partial charge is 0.330 e.